The first-order chi connectivity index (χ1) is 22.3. The highest BCUT2D eigenvalue weighted by Gasteiger charge is 2.41. The Bertz CT molecular complexity index is 853. The Morgan fingerprint density at radius 3 is 1.39 bits per heavy atom. The van der Waals surface area contributed by atoms with Gasteiger partial charge in [-0.25, -0.2) is 4.18 Å². The zero-order valence-corrected chi connectivity index (χ0v) is 30.7. The van der Waals surface area contributed by atoms with Gasteiger partial charge in [-0.15, -0.1) is 0 Å². The molecule has 1 aliphatic rings. The molecule has 0 saturated carbocycles. The van der Waals surface area contributed by atoms with Crippen LogP contribution in [0, 0.1) is 0 Å². The van der Waals surface area contributed by atoms with E-state index in [2.05, 4.69) is 19.2 Å². The minimum atomic E-state index is -4.66. The van der Waals surface area contributed by atoms with Gasteiger partial charge < -0.3 is 10.2 Å². The molecule has 0 aliphatic carbocycles. The molecule has 0 bridgehead atoms. The average molecular weight is 673 g/mol. The molecule has 8 nitrogen and oxygen atoms in total. The third-order valence-electron chi connectivity index (χ3n) is 9.47. The maximum atomic E-state index is 13.1. The van der Waals surface area contributed by atoms with Gasteiger partial charge in [0, 0.05) is 25.9 Å². The van der Waals surface area contributed by atoms with Crippen LogP contribution in [0.2, 0.25) is 0 Å². The molecule has 0 aromatic rings. The second-order valence-corrected chi connectivity index (χ2v) is 14.9. The molecule has 1 heterocycles. The van der Waals surface area contributed by atoms with Crippen LogP contribution in [0.25, 0.3) is 0 Å². The van der Waals surface area contributed by atoms with Crippen LogP contribution in [0.1, 0.15) is 200 Å². The second-order valence-electron chi connectivity index (χ2n) is 13.8. The Balaban J connectivity index is 2.21. The lowest BCUT2D eigenvalue weighted by Gasteiger charge is -2.23. The van der Waals surface area contributed by atoms with Crippen LogP contribution in [0.5, 0.6) is 0 Å². The lowest BCUT2D eigenvalue weighted by molar-refractivity contribution is -0.138. The van der Waals surface area contributed by atoms with E-state index in [1.807, 2.05) is 0 Å². The Hall–Kier alpha value is -1.19. The monoisotopic (exact) mass is 673 g/mol. The zero-order chi connectivity index (χ0) is 33.7. The highest BCUT2D eigenvalue weighted by molar-refractivity contribution is 7.80. The molecule has 1 rings (SSSR count). The van der Waals surface area contributed by atoms with Crippen molar-refractivity contribution >= 4 is 22.2 Å². The Morgan fingerprint density at radius 2 is 1.00 bits per heavy atom. The summed E-state index contributed by atoms with van der Waals surface area (Å²) in [5.41, 5.74) is 0. The summed E-state index contributed by atoms with van der Waals surface area (Å²) < 4.78 is 36.5. The van der Waals surface area contributed by atoms with E-state index in [4.69, 9.17) is 8.74 Å². The molecule has 0 aromatic heterocycles. The summed E-state index contributed by atoms with van der Waals surface area (Å²) in [5, 5.41) is 2.95. The van der Waals surface area contributed by atoms with Gasteiger partial charge in [0.05, 0.1) is 6.10 Å². The van der Waals surface area contributed by atoms with E-state index >= 15 is 0 Å². The number of nitrogens with zero attached hydrogens (tertiary/aromatic N) is 1. The van der Waals surface area contributed by atoms with Crippen molar-refractivity contribution in [2.24, 2.45) is 0 Å². The molecule has 0 unspecified atom stereocenters. The quantitative estimate of drug-likeness (QED) is 0.0543. The van der Waals surface area contributed by atoms with Crippen LogP contribution in [0.4, 0.5) is 0 Å². The summed E-state index contributed by atoms with van der Waals surface area (Å²) >= 11 is 0. The van der Waals surface area contributed by atoms with Gasteiger partial charge in [0.15, 0.2) is 0 Å². The molecule has 9 heteroatoms. The molecule has 2 atom stereocenters. The molecule has 46 heavy (non-hydrogen) atoms. The fourth-order valence-corrected chi connectivity index (χ4v) is 7.13. The van der Waals surface area contributed by atoms with Gasteiger partial charge in [0.25, 0.3) is 0 Å². The topological polar surface area (TPSA) is 113 Å². The predicted molar refractivity (Wildman–Crippen MR) is 190 cm³/mol. The van der Waals surface area contributed by atoms with Gasteiger partial charge in [-0.3, -0.25) is 14.1 Å². The van der Waals surface area contributed by atoms with Crippen molar-refractivity contribution in [3.8, 4) is 0 Å². The molecule has 1 aliphatic heterocycles. The van der Waals surface area contributed by atoms with Crippen LogP contribution in [0.15, 0.2) is 0 Å². The number of carbonyl (C=O) groups excluding carboxylic acids is 2. The third-order valence-corrected chi connectivity index (χ3v) is 9.98. The van der Waals surface area contributed by atoms with Crippen molar-refractivity contribution in [2.75, 3.05) is 13.1 Å². The van der Waals surface area contributed by atoms with Crippen molar-refractivity contribution in [1.82, 2.24) is 10.2 Å². The summed E-state index contributed by atoms with van der Waals surface area (Å²) in [4.78, 5) is 27.5. The van der Waals surface area contributed by atoms with Crippen LogP contribution in [-0.4, -0.2) is 54.9 Å². The molecule has 0 radical (unpaired) electrons. The number of hydrogen-bond donors (Lipinski definition) is 2. The fourth-order valence-electron chi connectivity index (χ4n) is 6.65. The summed E-state index contributed by atoms with van der Waals surface area (Å²) in [7, 11) is -4.66. The van der Waals surface area contributed by atoms with Gasteiger partial charge in [-0.05, 0) is 12.8 Å². The van der Waals surface area contributed by atoms with Crippen LogP contribution in [0.3, 0.4) is 0 Å². The average Bonchev–Trinajstić information content (AvgIpc) is 3.43. The van der Waals surface area contributed by atoms with Crippen molar-refractivity contribution in [1.29, 1.82) is 0 Å². The van der Waals surface area contributed by atoms with E-state index in [1.54, 1.807) is 0 Å². The number of unbranched alkanes of at least 4 members (excludes halogenated alkanes) is 25. The van der Waals surface area contributed by atoms with E-state index in [9.17, 15) is 18.0 Å². The molecular formula is C37H72N2O6S. The Labute approximate surface area is 283 Å². The number of nitrogens with one attached hydrogen (secondary N) is 1. The zero-order valence-electron chi connectivity index (χ0n) is 29.9. The maximum Gasteiger partial charge on any atom is 0.397 e. The molecule has 1 saturated heterocycles. The van der Waals surface area contributed by atoms with Gasteiger partial charge in [-0.1, -0.05) is 174 Å². The van der Waals surface area contributed by atoms with Crippen LogP contribution >= 0.6 is 0 Å². The number of amides is 2. The molecule has 0 aromatic carbocycles. The van der Waals surface area contributed by atoms with E-state index in [-0.39, 0.29) is 24.8 Å². The second kappa shape index (κ2) is 28.8. The lowest BCUT2D eigenvalue weighted by atomic mass is 10.0. The van der Waals surface area contributed by atoms with Crippen molar-refractivity contribution in [3.05, 3.63) is 0 Å². The van der Waals surface area contributed by atoms with Gasteiger partial charge >= 0.3 is 10.4 Å². The van der Waals surface area contributed by atoms with Crippen LogP contribution in [-0.2, 0) is 24.2 Å². The van der Waals surface area contributed by atoms with E-state index in [0.717, 1.165) is 38.5 Å². The van der Waals surface area contributed by atoms with Crippen LogP contribution < -0.4 is 5.32 Å². The van der Waals surface area contributed by atoms with E-state index in [0.29, 0.717) is 13.0 Å². The lowest BCUT2D eigenvalue weighted by Crippen LogP contribution is -2.46. The first-order valence-electron chi connectivity index (χ1n) is 19.5. The minimum Gasteiger partial charge on any atom is -0.354 e. The third kappa shape index (κ3) is 24.0. The van der Waals surface area contributed by atoms with Crippen molar-refractivity contribution in [3.63, 3.8) is 0 Å². The first-order valence-corrected chi connectivity index (χ1v) is 20.9. The highest BCUT2D eigenvalue weighted by Crippen LogP contribution is 2.24. The van der Waals surface area contributed by atoms with Crippen molar-refractivity contribution in [2.45, 2.75) is 212 Å². The predicted octanol–water partition coefficient (Wildman–Crippen LogP) is 9.85. The normalized spacial score (nSPS) is 16.7. The molecule has 0 spiro atoms. The smallest absolute Gasteiger partial charge is 0.354 e. The standard InChI is InChI=1S/C37H72N2O6S/c1-3-5-7-9-11-13-15-17-18-19-20-22-24-26-28-30-36(40)39-33-34(45-46(42,43)44)32-35(39)37(41)38-31-29-27-25-23-21-16-14-12-10-8-6-4-2/h34-35H,3-33H2,1-2H3,(H,38,41)(H,42,43,44)/t34-,35+/m1/s1. The maximum absolute atomic E-state index is 13.1. The number of rotatable bonds is 32. The van der Waals surface area contributed by atoms with E-state index < -0.39 is 22.5 Å². The molecule has 1 fully saturated rings. The molecule has 2 N–H and O–H groups in total. The Kier molecular flexibility index (Phi) is 26.8. The number of likely N-dealkylation sites (tertiary alicyclic amines) is 1. The van der Waals surface area contributed by atoms with E-state index in [1.165, 1.54) is 140 Å². The molecular weight excluding hydrogens is 600 g/mol. The Morgan fingerprint density at radius 1 is 0.630 bits per heavy atom. The number of hydrogen-bond acceptors (Lipinski definition) is 5. The summed E-state index contributed by atoms with van der Waals surface area (Å²) in [6.07, 6.45) is 33.2. The summed E-state index contributed by atoms with van der Waals surface area (Å²) in [5.74, 6) is -0.420. The molecule has 272 valence electrons. The first kappa shape index (κ1) is 42.8. The highest BCUT2D eigenvalue weighted by atomic mass is 32.3. The minimum absolute atomic E-state index is 0.00590. The van der Waals surface area contributed by atoms with Gasteiger partial charge in [-0.2, -0.15) is 8.42 Å². The number of carbonyl (C=O) groups is 2. The fraction of sp³-hybridized carbons (Fsp3) is 0.946. The van der Waals surface area contributed by atoms with Gasteiger partial charge in [0.2, 0.25) is 11.8 Å². The summed E-state index contributed by atoms with van der Waals surface area (Å²) in [6.45, 7) is 5.04. The van der Waals surface area contributed by atoms with Crippen molar-refractivity contribution < 1.29 is 26.7 Å². The van der Waals surface area contributed by atoms with Gasteiger partial charge in [0.1, 0.15) is 6.04 Å². The largest absolute Gasteiger partial charge is 0.397 e. The SMILES string of the molecule is CCCCCCCCCCCCCCCCCC(=O)N1C[C@H](OS(=O)(=O)O)C[C@H]1C(=O)NCCCCCCCCCCCCCC. The molecule has 2 amide bonds. The summed E-state index contributed by atoms with van der Waals surface area (Å²) in [6, 6.07) is -0.770.